The third kappa shape index (κ3) is 3.79. The Bertz CT molecular complexity index is 1600. The smallest absolute Gasteiger partial charge is 0.251 e. The fourth-order valence-corrected chi connectivity index (χ4v) is 5.29. The second-order valence-electron chi connectivity index (χ2n) is 8.40. The number of pyridine rings is 1. The molecule has 35 heavy (non-hydrogen) atoms. The van der Waals surface area contributed by atoms with Gasteiger partial charge in [-0.3, -0.25) is 14.4 Å². The van der Waals surface area contributed by atoms with Crippen molar-refractivity contribution in [2.24, 2.45) is 18.5 Å². The standard InChI is InChI=1S/C26H23N5O3S/c1-14-16(4-3-5-21(14)31-10-11-35-26(31)25(28)34)17-7-8-18(24(27)33)23-19(17)12-20(29-23)15-6-9-22(32)30(2)13-15/h3-13,26,29H,1-2H3,(H2,27,33)(H2,28,34). The van der Waals surface area contributed by atoms with Gasteiger partial charge in [0.15, 0.2) is 5.37 Å². The highest BCUT2D eigenvalue weighted by Gasteiger charge is 2.28. The van der Waals surface area contributed by atoms with Gasteiger partial charge in [0, 0.05) is 47.8 Å². The Morgan fingerprint density at radius 1 is 1.06 bits per heavy atom. The molecule has 2 aromatic carbocycles. The van der Waals surface area contributed by atoms with E-state index in [-0.39, 0.29) is 5.56 Å². The number of aromatic nitrogens is 2. The summed E-state index contributed by atoms with van der Waals surface area (Å²) in [6.45, 7) is 1.99. The minimum Gasteiger partial charge on any atom is -0.367 e. The second kappa shape index (κ2) is 8.52. The predicted molar refractivity (Wildman–Crippen MR) is 140 cm³/mol. The van der Waals surface area contributed by atoms with Crippen LogP contribution in [0.15, 0.2) is 71.1 Å². The first-order valence-electron chi connectivity index (χ1n) is 10.9. The number of nitrogens with two attached hydrogens (primary N) is 2. The molecule has 9 heteroatoms. The molecule has 0 fully saturated rings. The Morgan fingerprint density at radius 2 is 1.86 bits per heavy atom. The molecule has 0 saturated heterocycles. The van der Waals surface area contributed by atoms with E-state index in [4.69, 9.17) is 11.5 Å². The van der Waals surface area contributed by atoms with Gasteiger partial charge in [0.25, 0.3) is 11.8 Å². The molecule has 176 valence electrons. The van der Waals surface area contributed by atoms with E-state index < -0.39 is 17.2 Å². The predicted octanol–water partition coefficient (Wildman–Crippen LogP) is 3.44. The van der Waals surface area contributed by atoms with E-state index in [1.807, 2.05) is 53.8 Å². The number of fused-ring (bicyclic) bond motifs is 1. The molecular formula is C26H23N5O3S. The first kappa shape index (κ1) is 22.5. The number of primary amides is 2. The maximum absolute atomic E-state index is 12.2. The molecule has 5 rings (SSSR count). The summed E-state index contributed by atoms with van der Waals surface area (Å²) in [4.78, 5) is 41.2. The van der Waals surface area contributed by atoms with E-state index >= 15 is 0 Å². The van der Waals surface area contributed by atoms with Gasteiger partial charge in [0.2, 0.25) is 5.56 Å². The summed E-state index contributed by atoms with van der Waals surface area (Å²) in [7, 11) is 1.69. The van der Waals surface area contributed by atoms with Gasteiger partial charge < -0.3 is 25.9 Å². The van der Waals surface area contributed by atoms with Crippen LogP contribution in [0.4, 0.5) is 5.69 Å². The van der Waals surface area contributed by atoms with Crippen LogP contribution in [0.3, 0.4) is 0 Å². The average Bonchev–Trinajstić information content (AvgIpc) is 3.48. The van der Waals surface area contributed by atoms with Crippen LogP contribution in [0, 0.1) is 6.92 Å². The minimum absolute atomic E-state index is 0.112. The second-order valence-corrected chi connectivity index (χ2v) is 9.39. The zero-order valence-corrected chi connectivity index (χ0v) is 19.9. The molecule has 2 aromatic heterocycles. The maximum Gasteiger partial charge on any atom is 0.251 e. The van der Waals surface area contributed by atoms with Crippen LogP contribution < -0.4 is 21.9 Å². The van der Waals surface area contributed by atoms with Gasteiger partial charge in [-0.1, -0.05) is 30.0 Å². The Morgan fingerprint density at radius 3 is 2.57 bits per heavy atom. The van der Waals surface area contributed by atoms with Crippen molar-refractivity contribution in [2.75, 3.05) is 4.90 Å². The van der Waals surface area contributed by atoms with Gasteiger partial charge in [-0.05, 0) is 53.3 Å². The maximum atomic E-state index is 12.2. The molecule has 0 saturated carbocycles. The van der Waals surface area contributed by atoms with Crippen molar-refractivity contribution < 1.29 is 9.59 Å². The van der Waals surface area contributed by atoms with Gasteiger partial charge in [0.05, 0.1) is 11.1 Å². The van der Waals surface area contributed by atoms with Crippen molar-refractivity contribution in [2.45, 2.75) is 12.3 Å². The number of carbonyl (C=O) groups excluding carboxylic acids is 2. The lowest BCUT2D eigenvalue weighted by Gasteiger charge is -2.25. The number of hydrogen-bond acceptors (Lipinski definition) is 5. The molecule has 1 atom stereocenters. The topological polar surface area (TPSA) is 127 Å². The summed E-state index contributed by atoms with van der Waals surface area (Å²) in [6.07, 6.45) is 3.59. The van der Waals surface area contributed by atoms with Crippen molar-refractivity contribution in [3.8, 4) is 22.4 Å². The van der Waals surface area contributed by atoms with Crippen molar-refractivity contribution in [3.63, 3.8) is 0 Å². The van der Waals surface area contributed by atoms with Crippen molar-refractivity contribution in [1.82, 2.24) is 9.55 Å². The van der Waals surface area contributed by atoms with Gasteiger partial charge >= 0.3 is 0 Å². The number of aryl methyl sites for hydroxylation is 1. The number of thioether (sulfide) groups is 1. The number of nitrogens with one attached hydrogen (secondary N) is 1. The molecule has 0 radical (unpaired) electrons. The number of nitrogens with zero attached hydrogens (tertiary/aromatic N) is 2. The van der Waals surface area contributed by atoms with E-state index in [9.17, 15) is 14.4 Å². The Balaban J connectivity index is 1.71. The van der Waals surface area contributed by atoms with Crippen LogP contribution in [0.1, 0.15) is 15.9 Å². The van der Waals surface area contributed by atoms with E-state index in [0.717, 1.165) is 39.0 Å². The van der Waals surface area contributed by atoms with Crippen molar-refractivity contribution >= 4 is 40.2 Å². The number of rotatable bonds is 5. The summed E-state index contributed by atoms with van der Waals surface area (Å²) in [6, 6.07) is 14.7. The lowest BCUT2D eigenvalue weighted by Crippen LogP contribution is -2.37. The molecule has 0 aliphatic carbocycles. The van der Waals surface area contributed by atoms with Crippen LogP contribution >= 0.6 is 11.8 Å². The highest BCUT2D eigenvalue weighted by Crippen LogP contribution is 2.40. The summed E-state index contributed by atoms with van der Waals surface area (Å²) < 4.78 is 1.50. The van der Waals surface area contributed by atoms with Crippen LogP contribution in [0.5, 0.6) is 0 Å². The molecule has 5 N–H and O–H groups in total. The lowest BCUT2D eigenvalue weighted by atomic mass is 9.94. The highest BCUT2D eigenvalue weighted by molar-refractivity contribution is 8.03. The van der Waals surface area contributed by atoms with Gasteiger partial charge in [-0.25, -0.2) is 0 Å². The minimum atomic E-state index is -0.538. The average molecular weight is 486 g/mol. The van der Waals surface area contributed by atoms with Crippen LogP contribution in [-0.2, 0) is 11.8 Å². The molecule has 1 aliphatic rings. The summed E-state index contributed by atoms with van der Waals surface area (Å²) in [5, 5.41) is 2.17. The number of carbonyl (C=O) groups is 2. The molecule has 4 aromatic rings. The van der Waals surface area contributed by atoms with Gasteiger partial charge in [-0.2, -0.15) is 0 Å². The largest absolute Gasteiger partial charge is 0.367 e. The molecule has 0 bridgehead atoms. The van der Waals surface area contributed by atoms with E-state index in [1.54, 1.807) is 25.4 Å². The Kier molecular flexibility index (Phi) is 5.49. The Hall–Kier alpha value is -4.24. The van der Waals surface area contributed by atoms with E-state index in [2.05, 4.69) is 4.98 Å². The molecule has 8 nitrogen and oxygen atoms in total. The van der Waals surface area contributed by atoms with Gasteiger partial charge in [0.1, 0.15) is 0 Å². The lowest BCUT2D eigenvalue weighted by molar-refractivity contribution is -0.117. The molecule has 1 aliphatic heterocycles. The fraction of sp³-hybridized carbons (Fsp3) is 0.115. The molecular weight excluding hydrogens is 462 g/mol. The van der Waals surface area contributed by atoms with Crippen LogP contribution in [-0.4, -0.2) is 26.7 Å². The number of amides is 2. The Labute approximate surface area is 205 Å². The quantitative estimate of drug-likeness (QED) is 0.399. The van der Waals surface area contributed by atoms with Crippen LogP contribution in [0.2, 0.25) is 0 Å². The normalized spacial score (nSPS) is 15.1. The first-order chi connectivity index (χ1) is 16.8. The molecule has 3 heterocycles. The third-order valence-electron chi connectivity index (χ3n) is 6.25. The molecule has 0 spiro atoms. The van der Waals surface area contributed by atoms with Crippen molar-refractivity contribution in [1.29, 1.82) is 0 Å². The van der Waals surface area contributed by atoms with Crippen LogP contribution in [0.25, 0.3) is 33.3 Å². The SMILES string of the molecule is Cc1c(-c2ccc(C(N)=O)c3[nH]c(-c4ccc(=O)n(C)c4)cc23)cccc1N1C=CSC1C(N)=O. The fourth-order valence-electron chi connectivity index (χ4n) is 4.49. The van der Waals surface area contributed by atoms with Gasteiger partial charge in [-0.15, -0.1) is 0 Å². The first-order valence-corrected chi connectivity index (χ1v) is 11.8. The summed E-state index contributed by atoms with van der Waals surface area (Å²) in [5.41, 5.74) is 17.4. The zero-order valence-electron chi connectivity index (χ0n) is 19.1. The van der Waals surface area contributed by atoms with E-state index in [1.165, 1.54) is 22.4 Å². The summed E-state index contributed by atoms with van der Waals surface area (Å²) in [5.74, 6) is -0.949. The van der Waals surface area contributed by atoms with E-state index in [0.29, 0.717) is 11.1 Å². The molecule has 1 unspecified atom stereocenters. The third-order valence-corrected chi connectivity index (χ3v) is 7.25. The number of anilines is 1. The van der Waals surface area contributed by atoms with Crippen molar-refractivity contribution in [3.05, 3.63) is 87.8 Å². The highest BCUT2D eigenvalue weighted by atomic mass is 32.2. The number of hydrogen-bond donors (Lipinski definition) is 3. The molecule has 2 amide bonds. The monoisotopic (exact) mass is 485 g/mol. The number of benzene rings is 2. The summed E-state index contributed by atoms with van der Waals surface area (Å²) >= 11 is 1.36. The number of H-pyrrole nitrogens is 1. The number of aromatic amines is 1. The zero-order chi connectivity index (χ0) is 24.9.